The van der Waals surface area contributed by atoms with Gasteiger partial charge in [0.05, 0.1) is 12.0 Å². The van der Waals surface area contributed by atoms with E-state index in [2.05, 4.69) is 15.1 Å². The van der Waals surface area contributed by atoms with Crippen LogP contribution in [-0.4, -0.2) is 15.1 Å². The fourth-order valence-corrected chi connectivity index (χ4v) is 2.61. The average Bonchev–Trinajstić information content (AvgIpc) is 3.07. The van der Waals surface area contributed by atoms with Gasteiger partial charge in [-0.3, -0.25) is 0 Å². The molecule has 0 aliphatic heterocycles. The first kappa shape index (κ1) is 12.1. The van der Waals surface area contributed by atoms with Gasteiger partial charge in [0, 0.05) is 6.54 Å². The Morgan fingerprint density at radius 3 is 2.79 bits per heavy atom. The number of hydrogen-bond acceptors (Lipinski definition) is 7. The van der Waals surface area contributed by atoms with Crippen LogP contribution in [0.5, 0.6) is 0 Å². The lowest BCUT2D eigenvalue weighted by atomic mass is 10.3. The molecule has 0 unspecified atom stereocenters. The summed E-state index contributed by atoms with van der Waals surface area (Å²) in [4.78, 5) is 9.54. The van der Waals surface area contributed by atoms with Crippen molar-refractivity contribution in [1.82, 2.24) is 15.1 Å². The van der Waals surface area contributed by atoms with Crippen molar-refractivity contribution in [3.8, 4) is 22.4 Å². The van der Waals surface area contributed by atoms with Gasteiger partial charge in [0.1, 0.15) is 9.88 Å². The number of nitrogens with two attached hydrogens (primary N) is 1. The van der Waals surface area contributed by atoms with Crippen LogP contribution >= 0.6 is 11.3 Å². The maximum Gasteiger partial charge on any atom is 0.270 e. The monoisotopic (exact) mass is 276 g/mol. The van der Waals surface area contributed by atoms with Crippen molar-refractivity contribution in [3.05, 3.63) is 28.6 Å². The second kappa shape index (κ2) is 4.60. The molecule has 0 aromatic carbocycles. The molecular formula is C12H12N4O2S. The van der Waals surface area contributed by atoms with Gasteiger partial charge < -0.3 is 14.7 Å². The first-order valence-electron chi connectivity index (χ1n) is 5.74. The van der Waals surface area contributed by atoms with Crippen LogP contribution in [0.15, 0.2) is 21.3 Å². The molecule has 0 aliphatic carbocycles. The van der Waals surface area contributed by atoms with Gasteiger partial charge in [0.2, 0.25) is 5.82 Å². The fraction of sp³-hybridized carbons (Fsp3) is 0.250. The first-order chi connectivity index (χ1) is 9.19. The molecule has 0 spiro atoms. The quantitative estimate of drug-likeness (QED) is 0.790. The summed E-state index contributed by atoms with van der Waals surface area (Å²) in [5, 5.41) is 4.79. The molecule has 0 aliphatic rings. The van der Waals surface area contributed by atoms with Crippen LogP contribution in [0.25, 0.3) is 22.4 Å². The lowest BCUT2D eigenvalue weighted by Gasteiger charge is -1.88. The van der Waals surface area contributed by atoms with E-state index in [0.29, 0.717) is 24.0 Å². The molecule has 0 saturated heterocycles. The summed E-state index contributed by atoms with van der Waals surface area (Å²) >= 11 is 1.46. The van der Waals surface area contributed by atoms with E-state index in [1.807, 2.05) is 19.9 Å². The molecule has 6 nitrogen and oxygen atoms in total. The number of aryl methyl sites for hydroxylation is 2. The molecule has 0 radical (unpaired) electrons. The minimum atomic E-state index is 0.407. The molecule has 0 amide bonds. The number of thiazole rings is 1. The zero-order valence-corrected chi connectivity index (χ0v) is 11.3. The van der Waals surface area contributed by atoms with Crippen molar-refractivity contribution in [2.45, 2.75) is 20.4 Å². The zero-order valence-electron chi connectivity index (χ0n) is 10.5. The number of hydrogen-bond donors (Lipinski definition) is 1. The van der Waals surface area contributed by atoms with E-state index in [-0.39, 0.29) is 0 Å². The van der Waals surface area contributed by atoms with Gasteiger partial charge >= 0.3 is 0 Å². The predicted molar refractivity (Wildman–Crippen MR) is 70.5 cm³/mol. The van der Waals surface area contributed by atoms with Gasteiger partial charge in [0.15, 0.2) is 5.76 Å². The Morgan fingerprint density at radius 2 is 2.16 bits per heavy atom. The fourth-order valence-electron chi connectivity index (χ4n) is 1.75. The molecule has 98 valence electrons. The zero-order chi connectivity index (χ0) is 13.4. The summed E-state index contributed by atoms with van der Waals surface area (Å²) in [6.45, 7) is 4.23. The van der Waals surface area contributed by atoms with Gasteiger partial charge in [-0.05, 0) is 25.5 Å². The third-order valence-corrected chi connectivity index (χ3v) is 3.87. The molecule has 0 saturated carbocycles. The molecule has 2 N–H and O–H groups in total. The van der Waals surface area contributed by atoms with Crippen molar-refractivity contribution in [3.63, 3.8) is 0 Å². The van der Waals surface area contributed by atoms with Crippen molar-refractivity contribution in [1.29, 1.82) is 0 Å². The molecule has 19 heavy (non-hydrogen) atoms. The van der Waals surface area contributed by atoms with Crippen LogP contribution < -0.4 is 5.73 Å². The highest BCUT2D eigenvalue weighted by atomic mass is 32.1. The van der Waals surface area contributed by atoms with Gasteiger partial charge in [-0.15, -0.1) is 11.3 Å². The Labute approximate surface area is 113 Å². The molecule has 7 heteroatoms. The number of nitrogens with zero attached hydrogens (tertiary/aromatic N) is 3. The van der Waals surface area contributed by atoms with Crippen molar-refractivity contribution < 1.29 is 8.94 Å². The molecule has 3 rings (SSSR count). The van der Waals surface area contributed by atoms with Crippen molar-refractivity contribution in [2.75, 3.05) is 0 Å². The predicted octanol–water partition coefficient (Wildman–Crippen LogP) is 2.53. The van der Waals surface area contributed by atoms with Crippen molar-refractivity contribution >= 4 is 11.3 Å². The van der Waals surface area contributed by atoms with Crippen molar-refractivity contribution in [2.24, 2.45) is 5.73 Å². The van der Waals surface area contributed by atoms with E-state index in [4.69, 9.17) is 14.7 Å². The van der Waals surface area contributed by atoms with Crippen LogP contribution in [0.4, 0.5) is 0 Å². The van der Waals surface area contributed by atoms with E-state index < -0.39 is 0 Å². The Bertz CT molecular complexity index is 713. The summed E-state index contributed by atoms with van der Waals surface area (Å²) in [7, 11) is 0. The van der Waals surface area contributed by atoms with E-state index in [1.165, 1.54) is 11.3 Å². The Balaban J connectivity index is 2.01. The molecule has 3 aromatic rings. The third-order valence-electron chi connectivity index (χ3n) is 2.70. The van der Waals surface area contributed by atoms with Gasteiger partial charge in [0.25, 0.3) is 5.89 Å². The van der Waals surface area contributed by atoms with Crippen LogP contribution in [0.1, 0.15) is 16.3 Å². The summed E-state index contributed by atoms with van der Waals surface area (Å²) in [6.07, 6.45) is 1.60. The summed E-state index contributed by atoms with van der Waals surface area (Å²) in [6, 6.07) is 1.86. The molecule has 3 heterocycles. The molecule has 3 aromatic heterocycles. The van der Waals surface area contributed by atoms with Crippen LogP contribution in [0.2, 0.25) is 0 Å². The Hall–Kier alpha value is -1.99. The highest BCUT2D eigenvalue weighted by Crippen LogP contribution is 2.30. The summed E-state index contributed by atoms with van der Waals surface area (Å²) in [5.74, 6) is 1.51. The highest BCUT2D eigenvalue weighted by molar-refractivity contribution is 7.15. The van der Waals surface area contributed by atoms with Gasteiger partial charge in [-0.1, -0.05) is 5.16 Å². The lowest BCUT2D eigenvalue weighted by Crippen LogP contribution is -1.94. The van der Waals surface area contributed by atoms with Crippen LogP contribution in [0, 0.1) is 13.8 Å². The first-order valence-corrected chi connectivity index (χ1v) is 6.55. The number of rotatable bonds is 3. The van der Waals surface area contributed by atoms with Crippen LogP contribution in [-0.2, 0) is 6.54 Å². The highest BCUT2D eigenvalue weighted by Gasteiger charge is 2.18. The molecular weight excluding hydrogens is 264 g/mol. The summed E-state index contributed by atoms with van der Waals surface area (Å²) < 4.78 is 10.6. The largest absolute Gasteiger partial charge is 0.461 e. The smallest absolute Gasteiger partial charge is 0.270 e. The second-order valence-corrected chi connectivity index (χ2v) is 5.17. The lowest BCUT2D eigenvalue weighted by molar-refractivity contribution is 0.430. The maximum atomic E-state index is 5.58. The molecule has 0 atom stereocenters. The SMILES string of the molecule is Cc1ccoc1-c1noc(-c2sc(CN)nc2C)n1. The van der Waals surface area contributed by atoms with E-state index in [0.717, 1.165) is 21.1 Å². The topological polar surface area (TPSA) is 91.0 Å². The minimum absolute atomic E-state index is 0.407. The number of furan rings is 1. The standard InChI is InChI=1S/C12H12N4O2S/c1-6-3-4-17-9(6)11-15-12(18-16-11)10-7(2)14-8(5-13)19-10/h3-4H,5,13H2,1-2H3. The average molecular weight is 276 g/mol. The van der Waals surface area contributed by atoms with E-state index >= 15 is 0 Å². The second-order valence-electron chi connectivity index (χ2n) is 4.08. The van der Waals surface area contributed by atoms with Gasteiger partial charge in [-0.2, -0.15) is 4.98 Å². The molecule has 0 bridgehead atoms. The van der Waals surface area contributed by atoms with E-state index in [1.54, 1.807) is 6.26 Å². The summed E-state index contributed by atoms with van der Waals surface area (Å²) in [5.41, 5.74) is 7.39. The van der Waals surface area contributed by atoms with E-state index in [9.17, 15) is 0 Å². The maximum absolute atomic E-state index is 5.58. The van der Waals surface area contributed by atoms with Gasteiger partial charge in [-0.25, -0.2) is 4.98 Å². The van der Waals surface area contributed by atoms with Crippen LogP contribution in [0.3, 0.4) is 0 Å². The third kappa shape index (κ3) is 2.06. The Kier molecular flexibility index (Phi) is 2.92. The normalized spacial score (nSPS) is 11.1. The molecule has 0 fully saturated rings. The number of aromatic nitrogens is 3. The Morgan fingerprint density at radius 1 is 1.32 bits per heavy atom. The minimum Gasteiger partial charge on any atom is -0.461 e.